The van der Waals surface area contributed by atoms with Crippen molar-refractivity contribution in [1.82, 2.24) is 14.7 Å². The average Bonchev–Trinajstić information content (AvgIpc) is 2.80. The molecule has 0 spiro atoms. The third kappa shape index (κ3) is 2.84. The molecule has 3 rings (SSSR count). The van der Waals surface area contributed by atoms with E-state index in [1.807, 2.05) is 0 Å². The Hall–Kier alpha value is -3.19. The van der Waals surface area contributed by atoms with Gasteiger partial charge in [0.2, 0.25) is 0 Å². The van der Waals surface area contributed by atoms with Crippen LogP contribution in [-0.2, 0) is 15.0 Å². The Morgan fingerprint density at radius 2 is 2.08 bits per heavy atom. The van der Waals surface area contributed by atoms with Crippen LogP contribution in [0.4, 0.5) is 10.1 Å². The third-order valence-corrected chi connectivity index (χ3v) is 4.43. The predicted molar refractivity (Wildman–Crippen MR) is 80.5 cm³/mol. The maximum absolute atomic E-state index is 14.6. The van der Waals surface area contributed by atoms with Crippen LogP contribution in [0.2, 0.25) is 0 Å². The number of aromatic nitrogens is 2. The highest BCUT2D eigenvalue weighted by Crippen LogP contribution is 2.34. The Morgan fingerprint density at radius 3 is 2.71 bits per heavy atom. The van der Waals surface area contributed by atoms with E-state index in [0.717, 1.165) is 6.07 Å². The third-order valence-electron chi connectivity index (χ3n) is 3.05. The van der Waals surface area contributed by atoms with Gasteiger partial charge in [-0.2, -0.15) is 8.42 Å². The van der Waals surface area contributed by atoms with Crippen molar-refractivity contribution in [2.45, 2.75) is 0 Å². The molecule has 2 aromatic rings. The molecule has 1 saturated heterocycles. The van der Waals surface area contributed by atoms with Crippen molar-refractivity contribution in [3.8, 4) is 17.6 Å². The van der Waals surface area contributed by atoms with Gasteiger partial charge < -0.3 is 5.11 Å². The van der Waals surface area contributed by atoms with Crippen molar-refractivity contribution in [2.24, 2.45) is 0 Å². The number of nitrogens with one attached hydrogen (secondary N) is 1. The standard InChI is InChI=1S/C14H9FN4O4S/c15-13-9(1-3-10-7-16-5-6-17-10)2-4-11(20)14(13)19-8-12(21)18-24(19,22)23/h2,4-7,20H,8H2,(H,18,21). The largest absolute Gasteiger partial charge is 0.506 e. The van der Waals surface area contributed by atoms with E-state index in [0.29, 0.717) is 4.31 Å². The van der Waals surface area contributed by atoms with Gasteiger partial charge in [0.1, 0.15) is 23.7 Å². The molecule has 1 amide bonds. The van der Waals surface area contributed by atoms with E-state index >= 15 is 0 Å². The van der Waals surface area contributed by atoms with Gasteiger partial charge in [0.05, 0.1) is 11.8 Å². The molecule has 2 N–H and O–H groups in total. The summed E-state index contributed by atoms with van der Waals surface area (Å²) in [7, 11) is -4.25. The number of aromatic hydroxyl groups is 1. The van der Waals surface area contributed by atoms with E-state index in [2.05, 4.69) is 21.8 Å². The Kier molecular flexibility index (Phi) is 3.78. The molecule has 0 unspecified atom stereocenters. The Bertz CT molecular complexity index is 983. The highest BCUT2D eigenvalue weighted by molar-refractivity contribution is 7.92. The SMILES string of the molecule is O=C1CN(c2c(O)ccc(C#Cc3cnccn3)c2F)S(=O)(=O)N1. The number of nitrogens with zero attached hydrogens (tertiary/aromatic N) is 3. The van der Waals surface area contributed by atoms with Crippen LogP contribution in [0.5, 0.6) is 5.75 Å². The van der Waals surface area contributed by atoms with E-state index < -0.39 is 39.9 Å². The van der Waals surface area contributed by atoms with Gasteiger partial charge in [-0.3, -0.25) is 9.78 Å². The molecule has 0 saturated carbocycles. The zero-order chi connectivity index (χ0) is 17.3. The lowest BCUT2D eigenvalue weighted by Crippen LogP contribution is -2.30. The molecule has 10 heteroatoms. The van der Waals surface area contributed by atoms with Gasteiger partial charge in [-0.15, -0.1) is 0 Å². The Labute approximate surface area is 136 Å². The first-order chi connectivity index (χ1) is 11.4. The highest BCUT2D eigenvalue weighted by Gasteiger charge is 2.37. The predicted octanol–water partition coefficient (Wildman–Crippen LogP) is -0.0979. The first-order valence-electron chi connectivity index (χ1n) is 6.51. The molecule has 1 aromatic carbocycles. The zero-order valence-electron chi connectivity index (χ0n) is 11.9. The van der Waals surface area contributed by atoms with Gasteiger partial charge in [-0.25, -0.2) is 18.4 Å². The quantitative estimate of drug-likeness (QED) is 0.696. The molecule has 122 valence electrons. The van der Waals surface area contributed by atoms with Gasteiger partial charge in [-0.05, 0) is 18.1 Å². The van der Waals surface area contributed by atoms with E-state index in [-0.39, 0.29) is 11.3 Å². The van der Waals surface area contributed by atoms with Gasteiger partial charge in [0, 0.05) is 12.4 Å². The molecule has 0 aliphatic carbocycles. The molecule has 1 aliphatic rings. The number of halogens is 1. The lowest BCUT2D eigenvalue weighted by atomic mass is 10.1. The lowest BCUT2D eigenvalue weighted by Gasteiger charge is -2.17. The van der Waals surface area contributed by atoms with Crippen LogP contribution in [0.15, 0.2) is 30.7 Å². The number of hydrogen-bond acceptors (Lipinski definition) is 6. The van der Waals surface area contributed by atoms with Crippen LogP contribution in [0.25, 0.3) is 0 Å². The van der Waals surface area contributed by atoms with Crippen LogP contribution in [0.1, 0.15) is 11.3 Å². The van der Waals surface area contributed by atoms with E-state index in [1.165, 1.54) is 24.7 Å². The molecular formula is C14H9FN4O4S. The van der Waals surface area contributed by atoms with Crippen LogP contribution in [0.3, 0.4) is 0 Å². The van der Waals surface area contributed by atoms with Crippen molar-refractivity contribution in [3.63, 3.8) is 0 Å². The van der Waals surface area contributed by atoms with Gasteiger partial charge >= 0.3 is 10.2 Å². The van der Waals surface area contributed by atoms with E-state index in [4.69, 9.17) is 0 Å². The number of amides is 1. The fourth-order valence-electron chi connectivity index (χ4n) is 2.03. The summed E-state index contributed by atoms with van der Waals surface area (Å²) in [4.78, 5) is 19.0. The minimum atomic E-state index is -4.25. The summed E-state index contributed by atoms with van der Waals surface area (Å²) >= 11 is 0. The molecule has 1 aromatic heterocycles. The zero-order valence-corrected chi connectivity index (χ0v) is 12.7. The van der Waals surface area contributed by atoms with Crippen LogP contribution < -0.4 is 9.03 Å². The maximum atomic E-state index is 14.6. The second kappa shape index (κ2) is 5.78. The second-order valence-corrected chi connectivity index (χ2v) is 6.27. The molecule has 24 heavy (non-hydrogen) atoms. The first-order valence-corrected chi connectivity index (χ1v) is 7.95. The molecule has 1 fully saturated rings. The summed E-state index contributed by atoms with van der Waals surface area (Å²) in [5, 5.41) is 9.82. The molecule has 1 aliphatic heterocycles. The number of rotatable bonds is 1. The monoisotopic (exact) mass is 348 g/mol. The number of carbonyl (C=O) groups excluding carboxylic acids is 1. The molecule has 0 atom stereocenters. The number of phenolic OH excluding ortho intramolecular Hbond substituents is 1. The lowest BCUT2D eigenvalue weighted by molar-refractivity contribution is -0.117. The molecule has 0 radical (unpaired) electrons. The highest BCUT2D eigenvalue weighted by atomic mass is 32.2. The fraction of sp³-hybridized carbons (Fsp3) is 0.0714. The van der Waals surface area contributed by atoms with Gasteiger partial charge in [0.15, 0.2) is 5.82 Å². The summed E-state index contributed by atoms with van der Waals surface area (Å²) in [6.45, 7) is -0.631. The number of phenols is 1. The normalized spacial score (nSPS) is 15.5. The van der Waals surface area contributed by atoms with Crippen molar-refractivity contribution >= 4 is 21.8 Å². The van der Waals surface area contributed by atoms with E-state index in [9.17, 15) is 22.7 Å². The maximum Gasteiger partial charge on any atom is 0.326 e. The van der Waals surface area contributed by atoms with Crippen LogP contribution in [0, 0.1) is 17.7 Å². The van der Waals surface area contributed by atoms with Gasteiger partial charge in [0.25, 0.3) is 5.91 Å². The van der Waals surface area contributed by atoms with Crippen LogP contribution >= 0.6 is 0 Å². The number of benzene rings is 1. The fourth-order valence-corrected chi connectivity index (χ4v) is 3.19. The summed E-state index contributed by atoms with van der Waals surface area (Å²) in [6, 6.07) is 2.28. The first kappa shape index (κ1) is 15.7. The molecule has 2 heterocycles. The topological polar surface area (TPSA) is 112 Å². The number of hydrogen-bond donors (Lipinski definition) is 2. The summed E-state index contributed by atoms with van der Waals surface area (Å²) in [6.07, 6.45) is 4.24. The van der Waals surface area contributed by atoms with Crippen molar-refractivity contribution < 1.29 is 22.7 Å². The second-order valence-electron chi connectivity index (χ2n) is 4.67. The summed E-state index contributed by atoms with van der Waals surface area (Å²) in [5.74, 6) is 2.55. The number of anilines is 1. The molecule has 8 nitrogen and oxygen atoms in total. The Balaban J connectivity index is 2.07. The molecular weight excluding hydrogens is 339 g/mol. The minimum absolute atomic E-state index is 0.164. The number of carbonyl (C=O) groups is 1. The van der Waals surface area contributed by atoms with Crippen LogP contribution in [-0.4, -0.2) is 35.9 Å². The minimum Gasteiger partial charge on any atom is -0.506 e. The molecule has 0 bridgehead atoms. The summed E-state index contributed by atoms with van der Waals surface area (Å²) < 4.78 is 40.4. The van der Waals surface area contributed by atoms with Crippen molar-refractivity contribution in [3.05, 3.63) is 47.8 Å². The smallest absolute Gasteiger partial charge is 0.326 e. The average molecular weight is 348 g/mol. The van der Waals surface area contributed by atoms with Crippen molar-refractivity contribution in [2.75, 3.05) is 10.8 Å². The summed E-state index contributed by atoms with van der Waals surface area (Å²) in [5.41, 5.74) is -0.514. The van der Waals surface area contributed by atoms with Gasteiger partial charge in [-0.1, -0.05) is 5.92 Å². The van der Waals surface area contributed by atoms with Crippen molar-refractivity contribution in [1.29, 1.82) is 0 Å². The Morgan fingerprint density at radius 1 is 1.29 bits per heavy atom. The van der Waals surface area contributed by atoms with E-state index in [1.54, 1.807) is 4.72 Å².